The summed E-state index contributed by atoms with van der Waals surface area (Å²) in [5, 5.41) is 47.3. The molecular formula is C25H22O4. The van der Waals surface area contributed by atoms with Gasteiger partial charge >= 0.3 is 0 Å². The van der Waals surface area contributed by atoms with Crippen LogP contribution in [-0.2, 0) is 22.4 Å². The van der Waals surface area contributed by atoms with Crippen molar-refractivity contribution in [2.24, 2.45) is 0 Å². The van der Waals surface area contributed by atoms with Crippen LogP contribution in [0.5, 0.6) is 0 Å². The lowest BCUT2D eigenvalue weighted by Crippen LogP contribution is -2.54. The molecule has 0 spiro atoms. The van der Waals surface area contributed by atoms with E-state index in [1.54, 1.807) is 20.8 Å². The van der Waals surface area contributed by atoms with Crippen LogP contribution in [-0.4, -0.2) is 20.4 Å². The van der Waals surface area contributed by atoms with E-state index in [1.807, 2.05) is 54.6 Å². The molecule has 0 fully saturated rings. The van der Waals surface area contributed by atoms with Crippen molar-refractivity contribution < 1.29 is 20.4 Å². The van der Waals surface area contributed by atoms with Crippen LogP contribution in [0, 0.1) is 0 Å². The molecule has 0 heterocycles. The van der Waals surface area contributed by atoms with Gasteiger partial charge in [0.1, 0.15) is 22.4 Å². The lowest BCUT2D eigenvalue weighted by Gasteiger charge is -2.55. The maximum atomic E-state index is 12.5. The van der Waals surface area contributed by atoms with Gasteiger partial charge in [-0.05, 0) is 54.2 Å². The molecule has 3 aromatic carbocycles. The van der Waals surface area contributed by atoms with E-state index in [0.29, 0.717) is 50.1 Å². The number of hydrogen-bond donors (Lipinski definition) is 4. The van der Waals surface area contributed by atoms with Crippen LogP contribution in [0.2, 0.25) is 0 Å². The number of aliphatic hydroxyl groups is 4. The summed E-state index contributed by atoms with van der Waals surface area (Å²) in [4.78, 5) is 0. The Balaban J connectivity index is 1.95. The van der Waals surface area contributed by atoms with Crippen molar-refractivity contribution in [3.8, 4) is 0 Å². The molecule has 3 aliphatic rings. The van der Waals surface area contributed by atoms with Gasteiger partial charge in [0.25, 0.3) is 0 Å². The van der Waals surface area contributed by atoms with Gasteiger partial charge in [-0.15, -0.1) is 0 Å². The van der Waals surface area contributed by atoms with Gasteiger partial charge in [0.15, 0.2) is 0 Å². The zero-order chi connectivity index (χ0) is 20.6. The molecule has 0 aromatic heterocycles. The Bertz CT molecular complexity index is 1020. The standard InChI is InChI=1S/C25H22O4/c1-22(26)13-7-4-9-15-19(13)25(29)20-14(22)8-5-10-16(20)24(3,28)18-12-6-11-17(21(18)25)23(15,2)27/h4-12,26-29H,1-3H3. The highest BCUT2D eigenvalue weighted by Gasteiger charge is 2.61. The first kappa shape index (κ1) is 17.4. The summed E-state index contributed by atoms with van der Waals surface area (Å²) >= 11 is 0. The number of hydrogen-bond acceptors (Lipinski definition) is 4. The molecule has 0 atom stereocenters. The molecule has 0 saturated carbocycles. The van der Waals surface area contributed by atoms with E-state index in [9.17, 15) is 20.4 Å². The van der Waals surface area contributed by atoms with Gasteiger partial charge in [0, 0.05) is 16.7 Å². The summed E-state index contributed by atoms with van der Waals surface area (Å²) in [5.41, 5.74) is -0.690. The second kappa shape index (κ2) is 4.63. The Hall–Kier alpha value is -2.50. The van der Waals surface area contributed by atoms with Gasteiger partial charge in [-0.3, -0.25) is 0 Å². The van der Waals surface area contributed by atoms with Crippen LogP contribution in [0.3, 0.4) is 0 Å². The fraction of sp³-hybridized carbons (Fsp3) is 0.280. The average molecular weight is 386 g/mol. The first-order valence-corrected chi connectivity index (χ1v) is 9.88. The van der Waals surface area contributed by atoms with Crippen molar-refractivity contribution in [3.63, 3.8) is 0 Å². The summed E-state index contributed by atoms with van der Waals surface area (Å²) in [6.07, 6.45) is 0. The maximum absolute atomic E-state index is 12.5. The van der Waals surface area contributed by atoms with Crippen molar-refractivity contribution in [1.29, 1.82) is 0 Å². The molecule has 6 rings (SSSR count). The van der Waals surface area contributed by atoms with Crippen molar-refractivity contribution in [2.75, 3.05) is 0 Å². The fourth-order valence-electron chi connectivity index (χ4n) is 6.07. The smallest absolute Gasteiger partial charge is 0.142 e. The van der Waals surface area contributed by atoms with E-state index < -0.39 is 22.4 Å². The minimum atomic E-state index is -1.56. The van der Waals surface area contributed by atoms with Crippen molar-refractivity contribution >= 4 is 0 Å². The molecule has 0 saturated heterocycles. The third kappa shape index (κ3) is 1.61. The lowest BCUT2D eigenvalue weighted by atomic mass is 9.53. The Morgan fingerprint density at radius 2 is 0.655 bits per heavy atom. The van der Waals surface area contributed by atoms with Gasteiger partial charge in [-0.2, -0.15) is 0 Å². The van der Waals surface area contributed by atoms with E-state index in [-0.39, 0.29) is 0 Å². The molecule has 0 bridgehead atoms. The van der Waals surface area contributed by atoms with Gasteiger partial charge in [-0.25, -0.2) is 0 Å². The van der Waals surface area contributed by atoms with Crippen LogP contribution in [0.25, 0.3) is 0 Å². The van der Waals surface area contributed by atoms with Crippen LogP contribution in [0.1, 0.15) is 70.8 Å². The zero-order valence-corrected chi connectivity index (χ0v) is 16.5. The molecule has 3 aromatic rings. The molecular weight excluding hydrogens is 364 g/mol. The van der Waals surface area contributed by atoms with Crippen LogP contribution >= 0.6 is 0 Å². The van der Waals surface area contributed by atoms with Gasteiger partial charge < -0.3 is 20.4 Å². The maximum Gasteiger partial charge on any atom is 0.142 e. The summed E-state index contributed by atoms with van der Waals surface area (Å²) in [7, 11) is 0. The molecule has 4 nitrogen and oxygen atoms in total. The topological polar surface area (TPSA) is 80.9 Å². The molecule has 4 N–H and O–H groups in total. The third-order valence-corrected chi connectivity index (χ3v) is 7.43. The highest BCUT2D eigenvalue weighted by atomic mass is 16.3. The lowest BCUT2D eigenvalue weighted by molar-refractivity contribution is 0.0173. The SMILES string of the molecule is CC1(O)c2cccc3c2C2(O)c4c1cccc4C(C)(O)c1cccc(c12)C3(C)O. The first-order valence-electron chi connectivity index (χ1n) is 9.88. The van der Waals surface area contributed by atoms with E-state index >= 15 is 0 Å². The summed E-state index contributed by atoms with van der Waals surface area (Å²) in [6.45, 7) is 5.12. The first-order chi connectivity index (χ1) is 13.5. The van der Waals surface area contributed by atoms with E-state index in [4.69, 9.17) is 0 Å². The second-order valence-electron chi connectivity index (χ2n) is 9.11. The fourth-order valence-corrected chi connectivity index (χ4v) is 6.07. The van der Waals surface area contributed by atoms with Gasteiger partial charge in [0.2, 0.25) is 0 Å². The van der Waals surface area contributed by atoms with Crippen molar-refractivity contribution in [3.05, 3.63) is 105 Å². The van der Waals surface area contributed by atoms with Crippen LogP contribution in [0.15, 0.2) is 54.6 Å². The van der Waals surface area contributed by atoms with Crippen molar-refractivity contribution in [1.82, 2.24) is 0 Å². The normalized spacial score (nSPS) is 35.3. The monoisotopic (exact) mass is 386 g/mol. The van der Waals surface area contributed by atoms with Gasteiger partial charge in [-0.1, -0.05) is 54.6 Å². The Morgan fingerprint density at radius 3 is 0.862 bits per heavy atom. The summed E-state index contributed by atoms with van der Waals surface area (Å²) in [5.74, 6) is 0. The van der Waals surface area contributed by atoms with E-state index in [1.165, 1.54) is 0 Å². The largest absolute Gasteiger partial charge is 0.381 e. The molecule has 29 heavy (non-hydrogen) atoms. The minimum absolute atomic E-state index is 0.519. The predicted molar refractivity (Wildman–Crippen MR) is 107 cm³/mol. The average Bonchev–Trinajstić information content (AvgIpc) is 2.69. The molecule has 4 heteroatoms. The van der Waals surface area contributed by atoms with E-state index in [2.05, 4.69) is 0 Å². The highest BCUT2D eigenvalue weighted by molar-refractivity contribution is 5.75. The van der Waals surface area contributed by atoms with Crippen molar-refractivity contribution in [2.45, 2.75) is 43.2 Å². The van der Waals surface area contributed by atoms with Crippen LogP contribution < -0.4 is 0 Å². The Morgan fingerprint density at radius 1 is 0.448 bits per heavy atom. The molecule has 3 aliphatic carbocycles. The third-order valence-electron chi connectivity index (χ3n) is 7.43. The number of benzene rings is 3. The molecule has 0 aliphatic heterocycles. The van der Waals surface area contributed by atoms with Gasteiger partial charge in [0.05, 0.1) is 0 Å². The Kier molecular flexibility index (Phi) is 2.77. The van der Waals surface area contributed by atoms with Crippen LogP contribution in [0.4, 0.5) is 0 Å². The minimum Gasteiger partial charge on any atom is -0.381 e. The Labute approximate surface area is 168 Å². The van der Waals surface area contributed by atoms with E-state index in [0.717, 1.165) is 0 Å². The second-order valence-corrected chi connectivity index (χ2v) is 9.11. The summed E-state index contributed by atoms with van der Waals surface area (Å²) < 4.78 is 0. The molecule has 0 radical (unpaired) electrons. The zero-order valence-electron chi connectivity index (χ0n) is 16.5. The summed E-state index contributed by atoms with van der Waals surface area (Å²) in [6, 6.07) is 16.3. The molecule has 0 unspecified atom stereocenters. The number of rotatable bonds is 0. The molecule has 0 amide bonds. The molecule has 146 valence electrons. The quantitative estimate of drug-likeness (QED) is 0.479. The highest BCUT2D eigenvalue weighted by Crippen LogP contribution is 2.63. The predicted octanol–water partition coefficient (Wildman–Crippen LogP) is 2.68.